The van der Waals surface area contributed by atoms with Gasteiger partial charge in [0, 0.05) is 11.7 Å². The molecule has 0 unspecified atom stereocenters. The highest BCUT2D eigenvalue weighted by Gasteiger charge is 1.90. The molecule has 0 amide bonds. The summed E-state index contributed by atoms with van der Waals surface area (Å²) in [5.74, 6) is 0. The molecule has 3 N–H and O–H groups in total. The van der Waals surface area contributed by atoms with E-state index < -0.39 is 0 Å². The maximum absolute atomic E-state index is 5.30. The van der Waals surface area contributed by atoms with Crippen LogP contribution in [0.2, 0.25) is 0 Å². The Morgan fingerprint density at radius 2 is 2.00 bits per heavy atom. The van der Waals surface area contributed by atoms with Gasteiger partial charge in [-0.2, -0.15) is 0 Å². The van der Waals surface area contributed by atoms with Gasteiger partial charge in [-0.1, -0.05) is 12.7 Å². The molecule has 0 heterocycles. The Morgan fingerprint density at radius 3 is 2.42 bits per heavy atom. The fourth-order valence-corrected chi connectivity index (χ4v) is 0.706. The molecule has 0 spiro atoms. The Kier molecular flexibility index (Phi) is 4.93. The Hall–Kier alpha value is -1.18. The summed E-state index contributed by atoms with van der Waals surface area (Å²) in [6.45, 7) is 9.93. The summed E-state index contributed by atoms with van der Waals surface area (Å²) >= 11 is 0. The number of rotatable bonds is 4. The second kappa shape index (κ2) is 5.47. The molecule has 0 aliphatic heterocycles. The molecule has 12 heavy (non-hydrogen) atoms. The van der Waals surface area contributed by atoms with Crippen molar-refractivity contribution in [2.24, 2.45) is 5.73 Å². The van der Waals surface area contributed by atoms with Gasteiger partial charge in [-0.05, 0) is 38.6 Å². The largest absolute Gasteiger partial charge is 0.404 e. The van der Waals surface area contributed by atoms with Gasteiger partial charge in [0.05, 0.1) is 0 Å². The molecule has 0 aromatic heterocycles. The van der Waals surface area contributed by atoms with E-state index in [0.717, 1.165) is 11.3 Å². The standard InChI is InChI=1S/C10H18N2/c1-8(2)12-10(4)6-5-9(3)7-11/h5-8,12H,4,11H2,1-3H3/b6-5-,9-7-. The SMILES string of the molecule is C=C(/C=C\C(C)=C/N)NC(C)C. The van der Waals surface area contributed by atoms with E-state index in [1.807, 2.05) is 19.1 Å². The highest BCUT2D eigenvalue weighted by molar-refractivity contribution is 5.23. The average molecular weight is 166 g/mol. The Bertz CT molecular complexity index is 200. The van der Waals surface area contributed by atoms with Crippen molar-refractivity contribution >= 4 is 0 Å². The first kappa shape index (κ1) is 10.8. The van der Waals surface area contributed by atoms with Gasteiger partial charge in [0.2, 0.25) is 0 Å². The van der Waals surface area contributed by atoms with Crippen LogP contribution in [0.1, 0.15) is 20.8 Å². The smallest absolute Gasteiger partial charge is 0.0269 e. The molecule has 0 saturated heterocycles. The lowest BCUT2D eigenvalue weighted by molar-refractivity contribution is 0.683. The van der Waals surface area contributed by atoms with Crippen molar-refractivity contribution in [3.8, 4) is 0 Å². The molecule has 2 nitrogen and oxygen atoms in total. The summed E-state index contributed by atoms with van der Waals surface area (Å²) in [7, 11) is 0. The summed E-state index contributed by atoms with van der Waals surface area (Å²) in [6.07, 6.45) is 5.41. The zero-order valence-electron chi connectivity index (χ0n) is 8.09. The molecule has 0 aromatic carbocycles. The third-order valence-corrected chi connectivity index (χ3v) is 1.28. The minimum absolute atomic E-state index is 0.421. The van der Waals surface area contributed by atoms with E-state index in [1.54, 1.807) is 6.20 Å². The topological polar surface area (TPSA) is 38.0 Å². The molecule has 0 bridgehead atoms. The molecule has 0 aliphatic rings. The number of hydrogen-bond acceptors (Lipinski definition) is 2. The van der Waals surface area contributed by atoms with Gasteiger partial charge in [0.15, 0.2) is 0 Å². The van der Waals surface area contributed by atoms with Crippen LogP contribution in [-0.2, 0) is 0 Å². The van der Waals surface area contributed by atoms with Crippen LogP contribution in [0.3, 0.4) is 0 Å². The van der Waals surface area contributed by atoms with E-state index in [4.69, 9.17) is 5.73 Å². The molecule has 0 aromatic rings. The highest BCUT2D eigenvalue weighted by atomic mass is 14.9. The summed E-state index contributed by atoms with van der Waals surface area (Å²) in [5, 5.41) is 3.17. The Balaban J connectivity index is 3.92. The number of hydrogen-bond donors (Lipinski definition) is 2. The molecule has 0 aliphatic carbocycles. The normalized spacial score (nSPS) is 12.5. The van der Waals surface area contributed by atoms with Gasteiger partial charge in [-0.25, -0.2) is 0 Å². The fraction of sp³-hybridized carbons (Fsp3) is 0.400. The summed E-state index contributed by atoms with van der Waals surface area (Å²) in [5.41, 5.74) is 7.23. The predicted octanol–water partition coefficient (Wildman–Crippen LogP) is 1.92. The second-order valence-corrected chi connectivity index (χ2v) is 3.07. The molecular formula is C10H18N2. The van der Waals surface area contributed by atoms with Crippen molar-refractivity contribution in [3.63, 3.8) is 0 Å². The van der Waals surface area contributed by atoms with Gasteiger partial charge in [0.25, 0.3) is 0 Å². The van der Waals surface area contributed by atoms with Crippen molar-refractivity contribution in [3.05, 3.63) is 36.2 Å². The van der Waals surface area contributed by atoms with Crippen LogP contribution in [0.5, 0.6) is 0 Å². The van der Waals surface area contributed by atoms with Gasteiger partial charge in [0.1, 0.15) is 0 Å². The van der Waals surface area contributed by atoms with E-state index in [1.165, 1.54) is 0 Å². The fourth-order valence-electron chi connectivity index (χ4n) is 0.706. The van der Waals surface area contributed by atoms with E-state index in [-0.39, 0.29) is 0 Å². The summed E-state index contributed by atoms with van der Waals surface area (Å²) in [4.78, 5) is 0. The highest BCUT2D eigenvalue weighted by Crippen LogP contribution is 1.96. The van der Waals surface area contributed by atoms with Crippen LogP contribution >= 0.6 is 0 Å². The molecule has 0 saturated carbocycles. The second-order valence-electron chi connectivity index (χ2n) is 3.07. The van der Waals surface area contributed by atoms with Crippen LogP contribution in [0.15, 0.2) is 36.2 Å². The zero-order chi connectivity index (χ0) is 9.56. The first-order valence-electron chi connectivity index (χ1n) is 4.08. The van der Waals surface area contributed by atoms with E-state index >= 15 is 0 Å². The van der Waals surface area contributed by atoms with Crippen LogP contribution in [-0.4, -0.2) is 6.04 Å². The first-order chi connectivity index (χ1) is 5.56. The molecule has 0 radical (unpaired) electrons. The third kappa shape index (κ3) is 5.59. The minimum Gasteiger partial charge on any atom is -0.404 e. The van der Waals surface area contributed by atoms with Gasteiger partial charge < -0.3 is 11.1 Å². The molecule has 0 fully saturated rings. The predicted molar refractivity (Wildman–Crippen MR) is 54.5 cm³/mol. The van der Waals surface area contributed by atoms with Crippen LogP contribution in [0.25, 0.3) is 0 Å². The lowest BCUT2D eigenvalue weighted by Gasteiger charge is -2.08. The Labute approximate surface area is 74.8 Å². The van der Waals surface area contributed by atoms with Crippen LogP contribution < -0.4 is 11.1 Å². The van der Waals surface area contributed by atoms with Gasteiger partial charge >= 0.3 is 0 Å². The van der Waals surface area contributed by atoms with Gasteiger partial charge in [-0.15, -0.1) is 0 Å². The van der Waals surface area contributed by atoms with Crippen LogP contribution in [0, 0.1) is 0 Å². The van der Waals surface area contributed by atoms with Gasteiger partial charge in [-0.3, -0.25) is 0 Å². The molecule has 2 heteroatoms. The van der Waals surface area contributed by atoms with Crippen LogP contribution in [0.4, 0.5) is 0 Å². The summed E-state index contributed by atoms with van der Waals surface area (Å²) < 4.78 is 0. The van der Waals surface area contributed by atoms with Crippen molar-refractivity contribution in [2.75, 3.05) is 0 Å². The lowest BCUT2D eigenvalue weighted by Crippen LogP contribution is -2.19. The van der Waals surface area contributed by atoms with E-state index in [0.29, 0.717) is 6.04 Å². The maximum Gasteiger partial charge on any atom is 0.0269 e. The lowest BCUT2D eigenvalue weighted by atomic mass is 10.2. The molecule has 0 atom stereocenters. The van der Waals surface area contributed by atoms with Crippen molar-refractivity contribution in [1.29, 1.82) is 0 Å². The Morgan fingerprint density at radius 1 is 1.42 bits per heavy atom. The average Bonchev–Trinajstić information content (AvgIpc) is 1.99. The van der Waals surface area contributed by atoms with Crippen molar-refractivity contribution in [1.82, 2.24) is 5.32 Å². The van der Waals surface area contributed by atoms with E-state index in [2.05, 4.69) is 25.7 Å². The number of allylic oxidation sites excluding steroid dienone is 3. The summed E-state index contributed by atoms with van der Waals surface area (Å²) in [6, 6.07) is 0.421. The van der Waals surface area contributed by atoms with Crippen molar-refractivity contribution in [2.45, 2.75) is 26.8 Å². The molecule has 68 valence electrons. The minimum atomic E-state index is 0.421. The number of nitrogens with two attached hydrogens (primary N) is 1. The van der Waals surface area contributed by atoms with E-state index in [9.17, 15) is 0 Å². The first-order valence-corrected chi connectivity index (χ1v) is 4.08. The zero-order valence-corrected chi connectivity index (χ0v) is 8.09. The molecular weight excluding hydrogens is 148 g/mol. The quantitative estimate of drug-likeness (QED) is 0.626. The molecule has 0 rings (SSSR count). The maximum atomic E-state index is 5.30. The third-order valence-electron chi connectivity index (χ3n) is 1.28. The monoisotopic (exact) mass is 166 g/mol. The number of nitrogens with one attached hydrogen (secondary N) is 1. The van der Waals surface area contributed by atoms with Crippen molar-refractivity contribution < 1.29 is 0 Å².